The molecule has 2 rings (SSSR count). The lowest BCUT2D eigenvalue weighted by atomic mass is 9.84. The molecule has 2 N–H and O–H groups in total. The third kappa shape index (κ3) is 2.85. The largest absolute Gasteiger partial charge is 0.416 e. The minimum atomic E-state index is -4.63. The molecule has 1 aromatic carbocycles. The average molecular weight is 339 g/mol. The number of hydrogen-bond acceptors (Lipinski definition) is 4. The minimum absolute atomic E-state index is 0.127. The molecule has 1 fully saturated rings. The summed E-state index contributed by atoms with van der Waals surface area (Å²) in [7, 11) is -4.10. The van der Waals surface area contributed by atoms with Gasteiger partial charge in [0.1, 0.15) is 0 Å². The van der Waals surface area contributed by atoms with E-state index in [0.717, 1.165) is 16.4 Å². The van der Waals surface area contributed by atoms with Crippen molar-refractivity contribution in [1.29, 1.82) is 0 Å². The molecule has 0 aromatic heterocycles. The van der Waals surface area contributed by atoms with E-state index in [1.54, 1.807) is 0 Å². The molecule has 1 saturated heterocycles. The van der Waals surface area contributed by atoms with E-state index in [4.69, 9.17) is 10.2 Å². The summed E-state index contributed by atoms with van der Waals surface area (Å²) in [6.45, 7) is 0.377. The first-order valence-corrected chi connectivity index (χ1v) is 7.89. The topological polar surface area (TPSA) is 77.8 Å². The van der Waals surface area contributed by atoms with Crippen molar-refractivity contribution in [2.75, 3.05) is 26.3 Å². The fourth-order valence-corrected chi connectivity index (χ4v) is 4.23. The second-order valence-corrected chi connectivity index (χ2v) is 7.47. The minimum Gasteiger partial charge on any atom is -0.396 e. The normalized spacial score (nSPS) is 19.0. The molecule has 0 aliphatic carbocycles. The zero-order valence-electron chi connectivity index (χ0n) is 11.8. The summed E-state index contributed by atoms with van der Waals surface area (Å²) in [5, 5.41) is 18.3. The first-order chi connectivity index (χ1) is 10.1. The third-order valence-corrected chi connectivity index (χ3v) is 5.76. The van der Waals surface area contributed by atoms with E-state index in [1.807, 2.05) is 0 Å². The molecule has 0 amide bonds. The summed E-state index contributed by atoms with van der Waals surface area (Å²) >= 11 is 0. The number of hydrogen-bond donors (Lipinski definition) is 2. The van der Waals surface area contributed by atoms with E-state index in [2.05, 4.69) is 0 Å². The predicted molar refractivity (Wildman–Crippen MR) is 71.5 cm³/mol. The second kappa shape index (κ2) is 5.48. The first kappa shape index (κ1) is 17.2. The SMILES string of the molecule is Cc1ccc(C(F)(F)F)cc1S(=O)(=O)N1CC(CO)(CO)C1. The molecule has 0 atom stereocenters. The number of rotatable bonds is 4. The highest BCUT2D eigenvalue weighted by atomic mass is 32.2. The van der Waals surface area contributed by atoms with Crippen LogP contribution in [-0.4, -0.2) is 49.2 Å². The number of nitrogens with zero attached hydrogens (tertiary/aromatic N) is 1. The van der Waals surface area contributed by atoms with E-state index < -0.39 is 45.3 Å². The quantitative estimate of drug-likeness (QED) is 0.858. The number of benzene rings is 1. The highest BCUT2D eigenvalue weighted by Gasteiger charge is 2.48. The van der Waals surface area contributed by atoms with Gasteiger partial charge in [-0.25, -0.2) is 8.42 Å². The number of sulfonamides is 1. The molecular weight excluding hydrogens is 323 g/mol. The van der Waals surface area contributed by atoms with Gasteiger partial charge in [0.15, 0.2) is 0 Å². The van der Waals surface area contributed by atoms with Crippen LogP contribution in [0.1, 0.15) is 11.1 Å². The van der Waals surface area contributed by atoms with E-state index >= 15 is 0 Å². The van der Waals surface area contributed by atoms with Crippen LogP contribution < -0.4 is 0 Å². The van der Waals surface area contributed by atoms with Gasteiger partial charge in [0, 0.05) is 18.5 Å². The molecule has 0 unspecified atom stereocenters. The Bertz CT molecular complexity index is 660. The molecule has 22 heavy (non-hydrogen) atoms. The maximum Gasteiger partial charge on any atom is 0.416 e. The fourth-order valence-electron chi connectivity index (χ4n) is 2.32. The Kier molecular flexibility index (Phi) is 4.29. The average Bonchev–Trinajstić information content (AvgIpc) is 2.37. The molecule has 0 saturated carbocycles. The van der Waals surface area contributed by atoms with Crippen molar-refractivity contribution in [2.45, 2.75) is 18.0 Å². The van der Waals surface area contributed by atoms with Crippen LogP contribution in [0.25, 0.3) is 0 Å². The van der Waals surface area contributed by atoms with Crippen LogP contribution in [0.4, 0.5) is 13.2 Å². The van der Waals surface area contributed by atoms with E-state index in [9.17, 15) is 21.6 Å². The maximum atomic E-state index is 12.7. The van der Waals surface area contributed by atoms with Gasteiger partial charge in [-0.2, -0.15) is 17.5 Å². The van der Waals surface area contributed by atoms with Crippen molar-refractivity contribution in [1.82, 2.24) is 4.31 Å². The molecule has 0 bridgehead atoms. The lowest BCUT2D eigenvalue weighted by molar-refractivity contribution is -0.137. The van der Waals surface area contributed by atoms with Crippen molar-refractivity contribution in [3.05, 3.63) is 29.3 Å². The van der Waals surface area contributed by atoms with Crippen molar-refractivity contribution in [3.8, 4) is 0 Å². The first-order valence-electron chi connectivity index (χ1n) is 6.45. The fraction of sp³-hybridized carbons (Fsp3) is 0.538. The number of aliphatic hydroxyl groups excluding tert-OH is 2. The lowest BCUT2D eigenvalue weighted by Crippen LogP contribution is -2.61. The van der Waals surface area contributed by atoms with Gasteiger partial charge in [0.25, 0.3) is 0 Å². The van der Waals surface area contributed by atoms with Gasteiger partial charge in [0.2, 0.25) is 10.0 Å². The Hall–Kier alpha value is -1.16. The Morgan fingerprint density at radius 3 is 2.23 bits per heavy atom. The molecule has 1 aliphatic heterocycles. The molecule has 1 heterocycles. The Balaban J connectivity index is 2.36. The summed E-state index contributed by atoms with van der Waals surface area (Å²) in [5.74, 6) is 0. The summed E-state index contributed by atoms with van der Waals surface area (Å²) in [6.07, 6.45) is -4.63. The molecule has 1 aliphatic rings. The highest BCUT2D eigenvalue weighted by molar-refractivity contribution is 7.89. The van der Waals surface area contributed by atoms with Gasteiger partial charge in [-0.15, -0.1) is 0 Å². The molecule has 0 spiro atoms. The zero-order valence-corrected chi connectivity index (χ0v) is 12.6. The highest BCUT2D eigenvalue weighted by Crippen LogP contribution is 2.37. The van der Waals surface area contributed by atoms with Gasteiger partial charge in [-0.3, -0.25) is 0 Å². The van der Waals surface area contributed by atoms with Gasteiger partial charge < -0.3 is 10.2 Å². The van der Waals surface area contributed by atoms with Crippen LogP contribution in [0.3, 0.4) is 0 Å². The molecule has 0 radical (unpaired) electrons. The monoisotopic (exact) mass is 339 g/mol. The number of aryl methyl sites for hydroxylation is 1. The zero-order chi connectivity index (χ0) is 16.8. The van der Waals surface area contributed by atoms with Crippen molar-refractivity contribution in [2.24, 2.45) is 5.41 Å². The maximum absolute atomic E-state index is 12.7. The van der Waals surface area contributed by atoms with Gasteiger partial charge in [-0.1, -0.05) is 6.07 Å². The Morgan fingerprint density at radius 1 is 1.23 bits per heavy atom. The van der Waals surface area contributed by atoms with Crippen molar-refractivity contribution >= 4 is 10.0 Å². The smallest absolute Gasteiger partial charge is 0.396 e. The van der Waals surface area contributed by atoms with Gasteiger partial charge >= 0.3 is 6.18 Å². The van der Waals surface area contributed by atoms with Crippen LogP contribution >= 0.6 is 0 Å². The van der Waals surface area contributed by atoms with Crippen LogP contribution in [0.2, 0.25) is 0 Å². The Labute approximate surface area is 126 Å². The summed E-state index contributed by atoms with van der Waals surface area (Å²) in [6, 6.07) is 2.56. The Morgan fingerprint density at radius 2 is 1.77 bits per heavy atom. The molecular formula is C13H16F3NO4S. The van der Waals surface area contributed by atoms with Crippen molar-refractivity contribution < 1.29 is 31.8 Å². The summed E-state index contributed by atoms with van der Waals surface area (Å²) < 4.78 is 64.0. The van der Waals surface area contributed by atoms with Crippen LogP contribution in [-0.2, 0) is 16.2 Å². The third-order valence-electron chi connectivity index (χ3n) is 3.83. The van der Waals surface area contributed by atoms with Crippen LogP contribution in [0.5, 0.6) is 0 Å². The summed E-state index contributed by atoms with van der Waals surface area (Å²) in [4.78, 5) is -0.410. The van der Waals surface area contributed by atoms with Gasteiger partial charge in [-0.05, 0) is 24.6 Å². The molecule has 9 heteroatoms. The molecule has 5 nitrogen and oxygen atoms in total. The molecule has 124 valence electrons. The standard InChI is InChI=1S/C13H16F3NO4S/c1-9-2-3-10(13(14,15)16)4-11(9)22(20,21)17-5-12(6-17,7-18)8-19/h2-4,18-19H,5-8H2,1H3. The van der Waals surface area contributed by atoms with Gasteiger partial charge in [0.05, 0.1) is 23.7 Å². The summed E-state index contributed by atoms with van der Waals surface area (Å²) in [5.41, 5.74) is -1.76. The second-order valence-electron chi connectivity index (χ2n) is 5.57. The number of aliphatic hydroxyl groups is 2. The van der Waals surface area contributed by atoms with E-state index in [0.29, 0.717) is 6.07 Å². The lowest BCUT2D eigenvalue weighted by Gasteiger charge is -2.47. The molecule has 1 aromatic rings. The van der Waals surface area contributed by atoms with E-state index in [-0.39, 0.29) is 18.7 Å². The number of halogens is 3. The van der Waals surface area contributed by atoms with Crippen LogP contribution in [0, 0.1) is 12.3 Å². The predicted octanol–water partition coefficient (Wildman–Crippen LogP) is 0.989. The van der Waals surface area contributed by atoms with E-state index in [1.165, 1.54) is 6.92 Å². The number of alkyl halides is 3. The van der Waals surface area contributed by atoms with Crippen molar-refractivity contribution in [3.63, 3.8) is 0 Å². The van der Waals surface area contributed by atoms with Crippen LogP contribution in [0.15, 0.2) is 23.1 Å².